The van der Waals surface area contributed by atoms with Crippen molar-refractivity contribution in [3.63, 3.8) is 0 Å². The number of methoxy groups -OCH3 is 2. The van der Waals surface area contributed by atoms with Gasteiger partial charge in [-0.15, -0.1) is 0 Å². The average molecular weight is 481 g/mol. The third-order valence-electron chi connectivity index (χ3n) is 5.73. The van der Waals surface area contributed by atoms with Gasteiger partial charge in [-0.25, -0.2) is 4.79 Å². The highest BCUT2D eigenvalue weighted by Crippen LogP contribution is 2.22. The van der Waals surface area contributed by atoms with Crippen molar-refractivity contribution in [2.45, 2.75) is 37.9 Å². The van der Waals surface area contributed by atoms with Gasteiger partial charge >= 0.3 is 5.97 Å². The van der Waals surface area contributed by atoms with Crippen LogP contribution in [0.4, 0.5) is 0 Å². The lowest BCUT2D eigenvalue weighted by Crippen LogP contribution is -2.49. The Kier molecular flexibility index (Phi) is 11.5. The van der Waals surface area contributed by atoms with Gasteiger partial charge in [0, 0.05) is 31.2 Å². The van der Waals surface area contributed by atoms with E-state index in [2.05, 4.69) is 5.32 Å². The predicted molar refractivity (Wildman–Crippen MR) is 129 cm³/mol. The first-order chi connectivity index (χ1) is 15.9. The van der Waals surface area contributed by atoms with Crippen LogP contribution in [0.15, 0.2) is 24.3 Å². The molecule has 2 amide bonds. The Bertz CT molecular complexity index is 794. The van der Waals surface area contributed by atoms with Gasteiger partial charge in [0.05, 0.1) is 27.3 Å². The first kappa shape index (κ1) is 26.9. The van der Waals surface area contributed by atoms with Gasteiger partial charge in [-0.05, 0) is 37.3 Å². The summed E-state index contributed by atoms with van der Waals surface area (Å²) in [6, 6.07) is 6.94. The summed E-state index contributed by atoms with van der Waals surface area (Å²) in [6.45, 7) is 1.71. The summed E-state index contributed by atoms with van der Waals surface area (Å²) >= 11 is 1.60. The molecular formula is C23H36N4O5S. The standard InChI is InChI=1S/C23H36N4O5S/c1-31-20-9-5-4-7-17(20)14-26(15-18-8-6-11-27(18)22(29)13-24)16-21(28)25-19(10-12-33-3)23(30)32-2/h4-5,7,9,18-19H,6,8,10-16,24H2,1-3H3,(H,25,28)/t18-,19-/m0/s1. The Hall–Kier alpha value is -2.30. The first-order valence-electron chi connectivity index (χ1n) is 11.1. The second-order valence-electron chi connectivity index (χ2n) is 7.99. The number of para-hydroxylation sites is 1. The SMILES string of the molecule is COC(=O)[C@H](CCSC)NC(=O)CN(Cc1ccccc1OC)C[C@@H]1CCCN1C(=O)CN. The summed E-state index contributed by atoms with van der Waals surface area (Å²) in [7, 11) is 2.93. The molecule has 0 aromatic heterocycles. The monoisotopic (exact) mass is 480 g/mol. The van der Waals surface area contributed by atoms with Crippen LogP contribution in [0.5, 0.6) is 5.75 Å². The number of esters is 1. The second kappa shape index (κ2) is 14.1. The molecule has 1 aromatic rings. The molecule has 0 saturated carbocycles. The molecular weight excluding hydrogens is 444 g/mol. The quantitative estimate of drug-likeness (QED) is 0.400. The van der Waals surface area contributed by atoms with Crippen molar-refractivity contribution in [3.8, 4) is 5.75 Å². The number of thioether (sulfide) groups is 1. The molecule has 0 spiro atoms. The van der Waals surface area contributed by atoms with Crippen LogP contribution in [0, 0.1) is 0 Å². The summed E-state index contributed by atoms with van der Waals surface area (Å²) in [5.41, 5.74) is 6.53. The number of nitrogens with zero attached hydrogens (tertiary/aromatic N) is 2. The molecule has 0 radical (unpaired) electrons. The van der Waals surface area contributed by atoms with Crippen LogP contribution in [0.3, 0.4) is 0 Å². The van der Waals surface area contributed by atoms with Gasteiger partial charge in [-0.1, -0.05) is 18.2 Å². The Labute approximate surface area is 200 Å². The van der Waals surface area contributed by atoms with E-state index in [9.17, 15) is 14.4 Å². The smallest absolute Gasteiger partial charge is 0.328 e. The lowest BCUT2D eigenvalue weighted by atomic mass is 10.1. The molecule has 1 aliphatic heterocycles. The van der Waals surface area contributed by atoms with Gasteiger partial charge in [0.25, 0.3) is 0 Å². The number of carbonyl (C=O) groups excluding carboxylic acids is 3. The van der Waals surface area contributed by atoms with Crippen LogP contribution in [-0.4, -0.2) is 92.1 Å². The molecule has 1 aromatic carbocycles. The molecule has 0 bridgehead atoms. The number of likely N-dealkylation sites (tertiary alicyclic amines) is 1. The molecule has 10 heteroatoms. The molecule has 184 valence electrons. The zero-order chi connectivity index (χ0) is 24.2. The number of ether oxygens (including phenoxy) is 2. The van der Waals surface area contributed by atoms with Crippen LogP contribution in [0.25, 0.3) is 0 Å². The predicted octanol–water partition coefficient (Wildman–Crippen LogP) is 0.858. The van der Waals surface area contributed by atoms with Crippen molar-refractivity contribution in [1.82, 2.24) is 15.1 Å². The Morgan fingerprint density at radius 3 is 2.73 bits per heavy atom. The summed E-state index contributed by atoms with van der Waals surface area (Å²) in [4.78, 5) is 41.1. The van der Waals surface area contributed by atoms with Crippen LogP contribution in [0.2, 0.25) is 0 Å². The highest BCUT2D eigenvalue weighted by Gasteiger charge is 2.31. The highest BCUT2D eigenvalue weighted by molar-refractivity contribution is 7.98. The van der Waals surface area contributed by atoms with Crippen molar-refractivity contribution >= 4 is 29.5 Å². The fourth-order valence-corrected chi connectivity index (χ4v) is 4.57. The lowest BCUT2D eigenvalue weighted by molar-refractivity contribution is -0.145. The van der Waals surface area contributed by atoms with Crippen molar-refractivity contribution in [2.75, 3.05) is 52.4 Å². The van der Waals surface area contributed by atoms with E-state index in [-0.39, 0.29) is 30.9 Å². The molecule has 1 heterocycles. The summed E-state index contributed by atoms with van der Waals surface area (Å²) in [5.74, 6) is 0.655. The molecule has 1 fully saturated rings. The molecule has 0 aliphatic carbocycles. The lowest BCUT2D eigenvalue weighted by Gasteiger charge is -2.31. The molecule has 1 aliphatic rings. The Morgan fingerprint density at radius 2 is 2.06 bits per heavy atom. The number of rotatable bonds is 13. The number of benzene rings is 1. The zero-order valence-corrected chi connectivity index (χ0v) is 20.6. The number of nitrogens with two attached hydrogens (primary N) is 1. The van der Waals surface area contributed by atoms with Crippen LogP contribution in [-0.2, 0) is 25.7 Å². The van der Waals surface area contributed by atoms with E-state index < -0.39 is 12.0 Å². The van der Waals surface area contributed by atoms with Gasteiger partial charge in [0.2, 0.25) is 11.8 Å². The fourth-order valence-electron chi connectivity index (χ4n) is 4.10. The Balaban J connectivity index is 2.16. The van der Waals surface area contributed by atoms with Crippen molar-refractivity contribution in [1.29, 1.82) is 0 Å². The van der Waals surface area contributed by atoms with E-state index in [0.29, 0.717) is 26.1 Å². The van der Waals surface area contributed by atoms with Crippen molar-refractivity contribution in [3.05, 3.63) is 29.8 Å². The van der Waals surface area contributed by atoms with Crippen LogP contribution >= 0.6 is 11.8 Å². The minimum Gasteiger partial charge on any atom is -0.496 e. The number of hydrogen-bond acceptors (Lipinski definition) is 8. The van der Waals surface area contributed by atoms with E-state index >= 15 is 0 Å². The van der Waals surface area contributed by atoms with Gasteiger partial charge in [-0.3, -0.25) is 14.5 Å². The van der Waals surface area contributed by atoms with E-state index in [1.54, 1.807) is 18.9 Å². The van der Waals surface area contributed by atoms with Crippen LogP contribution in [0.1, 0.15) is 24.8 Å². The minimum atomic E-state index is -0.690. The number of amides is 2. The van der Waals surface area contributed by atoms with Crippen molar-refractivity contribution in [2.24, 2.45) is 5.73 Å². The van der Waals surface area contributed by atoms with Gasteiger partial charge in [-0.2, -0.15) is 11.8 Å². The Morgan fingerprint density at radius 1 is 1.30 bits per heavy atom. The summed E-state index contributed by atoms with van der Waals surface area (Å²) in [5, 5.41) is 2.82. The topological polar surface area (TPSA) is 114 Å². The normalized spacial score (nSPS) is 16.5. The highest BCUT2D eigenvalue weighted by atomic mass is 32.2. The summed E-state index contributed by atoms with van der Waals surface area (Å²) < 4.78 is 10.3. The van der Waals surface area contributed by atoms with Gasteiger partial charge in [0.15, 0.2) is 0 Å². The number of carbonyl (C=O) groups is 3. The average Bonchev–Trinajstić information content (AvgIpc) is 3.28. The maximum atomic E-state index is 12.9. The molecule has 3 N–H and O–H groups in total. The minimum absolute atomic E-state index is 0.0172. The molecule has 2 atom stereocenters. The molecule has 1 saturated heterocycles. The van der Waals surface area contributed by atoms with Crippen LogP contribution < -0.4 is 15.8 Å². The van der Waals surface area contributed by atoms with Crippen molar-refractivity contribution < 1.29 is 23.9 Å². The van der Waals surface area contributed by atoms with E-state index in [4.69, 9.17) is 15.2 Å². The molecule has 2 rings (SSSR count). The maximum absolute atomic E-state index is 12.9. The third-order valence-corrected chi connectivity index (χ3v) is 6.37. The van der Waals surface area contributed by atoms with E-state index in [1.165, 1.54) is 7.11 Å². The zero-order valence-electron chi connectivity index (χ0n) is 19.7. The van der Waals surface area contributed by atoms with Gasteiger partial charge in [0.1, 0.15) is 11.8 Å². The van der Waals surface area contributed by atoms with Gasteiger partial charge < -0.3 is 25.4 Å². The molecule has 9 nitrogen and oxygen atoms in total. The molecule has 33 heavy (non-hydrogen) atoms. The third kappa shape index (κ3) is 8.21. The molecule has 0 unspecified atom stereocenters. The summed E-state index contributed by atoms with van der Waals surface area (Å²) in [6.07, 6.45) is 4.20. The van der Waals surface area contributed by atoms with E-state index in [1.807, 2.05) is 40.3 Å². The number of hydrogen-bond donors (Lipinski definition) is 2. The largest absolute Gasteiger partial charge is 0.496 e. The first-order valence-corrected chi connectivity index (χ1v) is 12.5. The maximum Gasteiger partial charge on any atom is 0.328 e. The van der Waals surface area contributed by atoms with E-state index in [0.717, 1.165) is 29.9 Å². The second-order valence-corrected chi connectivity index (χ2v) is 8.98. The number of nitrogens with one attached hydrogen (secondary N) is 1. The fraction of sp³-hybridized carbons (Fsp3) is 0.609.